The Bertz CT molecular complexity index is 73.7. The zero-order valence-electron chi connectivity index (χ0n) is 4.25. The number of hydrogen-bond donors (Lipinski definition) is 0. The monoisotopic (exact) mass is 418 g/mol. The van der Waals surface area contributed by atoms with Crippen LogP contribution in [0.3, 0.4) is 0 Å². The molecule has 2 radical (unpaired) electrons. The molecule has 0 rings (SSSR count). The Morgan fingerprint density at radius 2 is 0.800 bits per heavy atom. The van der Waals surface area contributed by atoms with E-state index in [4.69, 9.17) is 30.6 Å². The molecule has 0 fully saturated rings. The van der Waals surface area contributed by atoms with Crippen LogP contribution >= 0.6 is 0 Å². The predicted molar refractivity (Wildman–Crippen MR) is 20.7 cm³/mol. The predicted octanol–water partition coefficient (Wildman–Crippen LogP) is -0.478. The van der Waals surface area contributed by atoms with E-state index in [1.54, 1.807) is 0 Å². The van der Waals surface area contributed by atoms with Crippen LogP contribution in [0.1, 0.15) is 0 Å². The van der Waals surface area contributed by atoms with E-state index < -0.39 is 10.2 Å². The van der Waals surface area contributed by atoms with Gasteiger partial charge in [0.1, 0.15) is 0 Å². The van der Waals surface area contributed by atoms with Crippen LogP contribution in [0.25, 0.3) is 0 Å². The minimum absolute atomic E-state index is 0. The molecule has 8 nitrogen and oxygen atoms in total. The standard InChI is InChI=1S/2NO3.Nd.Sm/c2*2-1(3)4;;/q2*-1;2*+3. The molecule has 0 saturated carbocycles. The van der Waals surface area contributed by atoms with Crippen LogP contribution in [0.5, 0.6) is 0 Å². The normalized spacial score (nSPS) is 4.80. The summed E-state index contributed by atoms with van der Waals surface area (Å²) in [6.45, 7) is 0. The molecule has 52 valence electrons. The Kier molecular flexibility index (Phi) is 37.2. The molecule has 0 heterocycles. The SMILES string of the molecule is O=[N+]([O-])[O-].O=[N+]([O-])[O-].[Nd+3].[Sm+3]. The van der Waals surface area contributed by atoms with E-state index in [1.807, 2.05) is 0 Å². The van der Waals surface area contributed by atoms with Crippen molar-refractivity contribution in [3.63, 3.8) is 0 Å². The first-order chi connectivity index (χ1) is 3.46. The van der Waals surface area contributed by atoms with Crippen LogP contribution in [0.15, 0.2) is 0 Å². The largest absolute Gasteiger partial charge is 3.00 e. The minimum atomic E-state index is -1.75. The summed E-state index contributed by atoms with van der Waals surface area (Å²) in [6, 6.07) is 0. The van der Waals surface area contributed by atoms with E-state index >= 15 is 0 Å². The van der Waals surface area contributed by atoms with Gasteiger partial charge < -0.3 is 30.6 Å². The van der Waals surface area contributed by atoms with Gasteiger partial charge in [-0.05, 0) is 0 Å². The third kappa shape index (κ3) is 502. The molecule has 0 bridgehead atoms. The van der Waals surface area contributed by atoms with E-state index in [2.05, 4.69) is 0 Å². The maximum absolute atomic E-state index is 8.25. The fourth-order valence-electron chi connectivity index (χ4n) is 0. The summed E-state index contributed by atoms with van der Waals surface area (Å²) in [5, 5.41) is 29.5. The van der Waals surface area contributed by atoms with Gasteiger partial charge in [0.05, 0.1) is 10.2 Å². The van der Waals surface area contributed by atoms with Crippen molar-refractivity contribution in [2.24, 2.45) is 0 Å². The molecule has 0 atom stereocenters. The zero-order valence-corrected chi connectivity index (χ0v) is 10.1. The van der Waals surface area contributed by atoms with E-state index in [0.29, 0.717) is 0 Å². The summed E-state index contributed by atoms with van der Waals surface area (Å²) in [6.07, 6.45) is 0. The number of rotatable bonds is 0. The van der Waals surface area contributed by atoms with Crippen LogP contribution in [-0.4, -0.2) is 10.2 Å². The number of nitrogens with zero attached hydrogens (tertiary/aromatic N) is 2. The average molecular weight is 419 g/mol. The Morgan fingerprint density at radius 3 is 0.800 bits per heavy atom. The molecule has 10 heteroatoms. The maximum Gasteiger partial charge on any atom is 3.00 e. The van der Waals surface area contributed by atoms with Crippen molar-refractivity contribution in [2.45, 2.75) is 0 Å². The van der Waals surface area contributed by atoms with Crippen LogP contribution in [0.4, 0.5) is 0 Å². The summed E-state index contributed by atoms with van der Waals surface area (Å²) < 4.78 is 0. The van der Waals surface area contributed by atoms with Crippen molar-refractivity contribution < 1.29 is 91.4 Å². The molecule has 0 aliphatic carbocycles. The van der Waals surface area contributed by atoms with Crippen LogP contribution < -0.4 is 0 Å². The van der Waals surface area contributed by atoms with E-state index in [-0.39, 0.29) is 81.2 Å². The molecule has 0 saturated heterocycles. The van der Waals surface area contributed by atoms with Gasteiger partial charge in [-0.15, -0.1) is 0 Å². The summed E-state index contributed by atoms with van der Waals surface area (Å²) in [4.78, 5) is 16.5. The van der Waals surface area contributed by atoms with E-state index in [9.17, 15) is 0 Å². The number of hydrogen-bond acceptors (Lipinski definition) is 6. The molecule has 0 spiro atoms. The molecule has 10 heavy (non-hydrogen) atoms. The van der Waals surface area contributed by atoms with Crippen LogP contribution in [0.2, 0.25) is 0 Å². The first kappa shape index (κ1) is 22.5. The molecular formula is N2NdO6Sm+4. The second-order valence-corrected chi connectivity index (χ2v) is 0.447. The molecule has 0 aliphatic rings. The summed E-state index contributed by atoms with van der Waals surface area (Å²) in [5.74, 6) is 0. The van der Waals surface area contributed by atoms with Crippen molar-refractivity contribution in [1.82, 2.24) is 0 Å². The van der Waals surface area contributed by atoms with Gasteiger partial charge in [0.2, 0.25) is 0 Å². The summed E-state index contributed by atoms with van der Waals surface area (Å²) >= 11 is 0. The third-order valence-electron chi connectivity index (χ3n) is 0. The Balaban J connectivity index is -0.0000000300. The Labute approximate surface area is 120 Å². The fourth-order valence-corrected chi connectivity index (χ4v) is 0. The smallest absolute Gasteiger partial charge is 0.356 e. The van der Waals surface area contributed by atoms with Crippen LogP contribution in [0, 0.1) is 112 Å². The van der Waals surface area contributed by atoms with Gasteiger partial charge in [0.25, 0.3) is 0 Å². The molecule has 0 aromatic heterocycles. The molecule has 0 aromatic carbocycles. The summed E-state index contributed by atoms with van der Waals surface area (Å²) in [5.41, 5.74) is 0. The first-order valence-electron chi connectivity index (χ1n) is 1.10. The van der Waals surface area contributed by atoms with Gasteiger partial charge in [0, 0.05) is 0 Å². The van der Waals surface area contributed by atoms with Gasteiger partial charge in [-0.1, -0.05) is 0 Å². The van der Waals surface area contributed by atoms with E-state index in [1.165, 1.54) is 0 Å². The molecule has 0 amide bonds. The van der Waals surface area contributed by atoms with Crippen molar-refractivity contribution in [3.8, 4) is 0 Å². The van der Waals surface area contributed by atoms with Gasteiger partial charge in [-0.2, -0.15) is 0 Å². The van der Waals surface area contributed by atoms with E-state index in [0.717, 1.165) is 0 Å². The second kappa shape index (κ2) is 16.6. The second-order valence-electron chi connectivity index (χ2n) is 0.447. The minimum Gasteiger partial charge on any atom is -0.356 e. The van der Waals surface area contributed by atoms with Gasteiger partial charge in [-0.25, -0.2) is 0 Å². The summed E-state index contributed by atoms with van der Waals surface area (Å²) in [7, 11) is 0. The topological polar surface area (TPSA) is 132 Å². The maximum atomic E-state index is 8.25. The molecular weight excluding hydrogens is 419 g/mol. The molecule has 0 aliphatic heterocycles. The average Bonchev–Trinajstić information content (AvgIpc) is 1.25. The third-order valence-corrected chi connectivity index (χ3v) is 0. The van der Waals surface area contributed by atoms with Crippen molar-refractivity contribution in [2.75, 3.05) is 0 Å². The first-order valence-corrected chi connectivity index (χ1v) is 1.10. The zero-order chi connectivity index (χ0) is 7.15. The molecule has 0 unspecified atom stereocenters. The Morgan fingerprint density at radius 1 is 0.800 bits per heavy atom. The molecule has 0 aromatic rings. The van der Waals surface area contributed by atoms with Gasteiger partial charge in [0.15, 0.2) is 0 Å². The van der Waals surface area contributed by atoms with Crippen molar-refractivity contribution >= 4 is 0 Å². The fraction of sp³-hybridized carbons (Fsp3) is 0. The van der Waals surface area contributed by atoms with Crippen molar-refractivity contribution in [3.05, 3.63) is 30.6 Å². The Hall–Kier alpha value is 1.09. The van der Waals surface area contributed by atoms with Crippen molar-refractivity contribution in [1.29, 1.82) is 0 Å². The quantitative estimate of drug-likeness (QED) is 0.385. The molecule has 0 N–H and O–H groups in total. The van der Waals surface area contributed by atoms with Crippen LogP contribution in [-0.2, 0) is 0 Å². The van der Waals surface area contributed by atoms with Gasteiger partial charge >= 0.3 is 81.2 Å². The van der Waals surface area contributed by atoms with Gasteiger partial charge in [-0.3, -0.25) is 0 Å².